The largest absolute Gasteiger partial charge is 0.395 e. The Morgan fingerprint density at radius 3 is 2.72 bits per heavy atom. The summed E-state index contributed by atoms with van der Waals surface area (Å²) in [5, 5.41) is 9.03. The van der Waals surface area contributed by atoms with E-state index >= 15 is 0 Å². The first kappa shape index (κ1) is 13.4. The average Bonchev–Trinajstić information content (AvgIpc) is 3.11. The predicted molar refractivity (Wildman–Crippen MR) is 72.8 cm³/mol. The van der Waals surface area contributed by atoms with Crippen molar-refractivity contribution in [2.75, 3.05) is 13.2 Å². The molecule has 0 spiro atoms. The number of rotatable bonds is 6. The van der Waals surface area contributed by atoms with E-state index in [2.05, 4.69) is 4.90 Å². The van der Waals surface area contributed by atoms with Crippen LogP contribution in [0.5, 0.6) is 0 Å². The standard InChI is InChI=1S/C13H17FN2OS/c14-11-6-9(5-10(7-11)13(15)18)8-16(3-4-17)12-1-2-12/h5-7,12,17H,1-4,8H2,(H2,15,18). The molecule has 1 aliphatic carbocycles. The Labute approximate surface area is 111 Å². The molecule has 3 N–H and O–H groups in total. The molecule has 0 aliphatic heterocycles. The molecule has 0 saturated heterocycles. The van der Waals surface area contributed by atoms with Crippen molar-refractivity contribution in [3.05, 3.63) is 35.1 Å². The third kappa shape index (κ3) is 3.48. The summed E-state index contributed by atoms with van der Waals surface area (Å²) in [6, 6.07) is 5.18. The minimum Gasteiger partial charge on any atom is -0.395 e. The zero-order chi connectivity index (χ0) is 13.1. The van der Waals surface area contributed by atoms with Crippen LogP contribution < -0.4 is 5.73 Å². The summed E-state index contributed by atoms with van der Waals surface area (Å²) in [6.07, 6.45) is 2.30. The first-order valence-corrected chi connectivity index (χ1v) is 6.45. The lowest BCUT2D eigenvalue weighted by molar-refractivity contribution is 0.183. The maximum Gasteiger partial charge on any atom is 0.124 e. The Bertz CT molecular complexity index is 449. The second kappa shape index (κ2) is 5.73. The summed E-state index contributed by atoms with van der Waals surface area (Å²) in [6.45, 7) is 1.36. The molecule has 0 atom stereocenters. The van der Waals surface area contributed by atoms with Crippen LogP contribution in [-0.2, 0) is 6.54 Å². The predicted octanol–water partition coefficient (Wildman–Crippen LogP) is 1.42. The highest BCUT2D eigenvalue weighted by Gasteiger charge is 2.28. The Morgan fingerprint density at radius 2 is 2.17 bits per heavy atom. The van der Waals surface area contributed by atoms with Gasteiger partial charge in [-0.15, -0.1) is 0 Å². The van der Waals surface area contributed by atoms with Gasteiger partial charge in [-0.25, -0.2) is 4.39 Å². The molecule has 0 unspecified atom stereocenters. The number of thiocarbonyl (C=S) groups is 1. The van der Waals surface area contributed by atoms with E-state index in [1.165, 1.54) is 12.1 Å². The Balaban J connectivity index is 2.13. The molecule has 0 radical (unpaired) electrons. The van der Waals surface area contributed by atoms with Gasteiger partial charge in [0.05, 0.1) is 6.61 Å². The number of hydrogen-bond acceptors (Lipinski definition) is 3. The lowest BCUT2D eigenvalue weighted by Crippen LogP contribution is -2.28. The highest BCUT2D eigenvalue weighted by molar-refractivity contribution is 7.80. The van der Waals surface area contributed by atoms with Crippen molar-refractivity contribution in [2.45, 2.75) is 25.4 Å². The number of nitrogens with two attached hydrogens (primary N) is 1. The van der Waals surface area contributed by atoms with Crippen LogP contribution >= 0.6 is 12.2 Å². The zero-order valence-corrected chi connectivity index (χ0v) is 10.9. The SMILES string of the molecule is NC(=S)c1cc(F)cc(CN(CCO)C2CC2)c1. The minimum atomic E-state index is -0.324. The van der Waals surface area contributed by atoms with Gasteiger partial charge in [0.1, 0.15) is 10.8 Å². The maximum absolute atomic E-state index is 13.5. The number of hydrogen-bond donors (Lipinski definition) is 2. The zero-order valence-electron chi connectivity index (χ0n) is 10.1. The lowest BCUT2D eigenvalue weighted by atomic mass is 10.1. The Kier molecular flexibility index (Phi) is 4.27. The van der Waals surface area contributed by atoms with E-state index < -0.39 is 0 Å². The molecule has 0 aromatic heterocycles. The quantitative estimate of drug-likeness (QED) is 0.766. The van der Waals surface area contributed by atoms with Crippen molar-refractivity contribution in [1.29, 1.82) is 0 Å². The molecule has 1 saturated carbocycles. The smallest absolute Gasteiger partial charge is 0.124 e. The van der Waals surface area contributed by atoms with E-state index in [0.29, 0.717) is 24.7 Å². The van der Waals surface area contributed by atoms with Gasteiger partial charge in [0.15, 0.2) is 0 Å². The van der Waals surface area contributed by atoms with Crippen LogP contribution in [0.4, 0.5) is 4.39 Å². The van der Waals surface area contributed by atoms with Gasteiger partial charge in [0.2, 0.25) is 0 Å². The van der Waals surface area contributed by atoms with Crippen LogP contribution in [0.3, 0.4) is 0 Å². The molecule has 1 fully saturated rings. The number of nitrogens with zero attached hydrogens (tertiary/aromatic N) is 1. The second-order valence-electron chi connectivity index (χ2n) is 4.64. The van der Waals surface area contributed by atoms with Crippen LogP contribution in [0.1, 0.15) is 24.0 Å². The molecule has 18 heavy (non-hydrogen) atoms. The molecule has 1 aliphatic rings. The molecule has 0 amide bonds. The fourth-order valence-electron chi connectivity index (χ4n) is 2.08. The fraction of sp³-hybridized carbons (Fsp3) is 0.462. The summed E-state index contributed by atoms with van der Waals surface area (Å²) in [5.74, 6) is -0.324. The summed E-state index contributed by atoms with van der Waals surface area (Å²) in [7, 11) is 0. The maximum atomic E-state index is 13.5. The van der Waals surface area contributed by atoms with E-state index in [1.54, 1.807) is 0 Å². The summed E-state index contributed by atoms with van der Waals surface area (Å²) >= 11 is 4.87. The second-order valence-corrected chi connectivity index (χ2v) is 5.08. The normalized spacial score (nSPS) is 15.1. The Morgan fingerprint density at radius 1 is 1.44 bits per heavy atom. The monoisotopic (exact) mass is 268 g/mol. The molecule has 1 aromatic carbocycles. The van der Waals surface area contributed by atoms with Gasteiger partial charge < -0.3 is 10.8 Å². The number of aliphatic hydroxyl groups is 1. The van der Waals surface area contributed by atoms with Gasteiger partial charge in [-0.3, -0.25) is 4.90 Å². The minimum absolute atomic E-state index is 0.119. The van der Waals surface area contributed by atoms with Crippen LogP contribution in [0, 0.1) is 5.82 Å². The van der Waals surface area contributed by atoms with Crippen molar-refractivity contribution < 1.29 is 9.50 Å². The van der Waals surface area contributed by atoms with Crippen molar-refractivity contribution in [3.8, 4) is 0 Å². The van der Waals surface area contributed by atoms with Crippen molar-refractivity contribution in [2.24, 2.45) is 5.73 Å². The van der Waals surface area contributed by atoms with Gasteiger partial charge in [-0.2, -0.15) is 0 Å². The molecule has 3 nitrogen and oxygen atoms in total. The van der Waals surface area contributed by atoms with E-state index in [0.717, 1.165) is 18.4 Å². The molecule has 1 aromatic rings. The first-order chi connectivity index (χ1) is 8.60. The van der Waals surface area contributed by atoms with Crippen molar-refractivity contribution in [3.63, 3.8) is 0 Å². The fourth-order valence-corrected chi connectivity index (χ4v) is 2.20. The highest BCUT2D eigenvalue weighted by Crippen LogP contribution is 2.28. The first-order valence-electron chi connectivity index (χ1n) is 6.04. The molecular formula is C13H17FN2OS. The van der Waals surface area contributed by atoms with Gasteiger partial charge in [-0.1, -0.05) is 12.2 Å². The van der Waals surface area contributed by atoms with E-state index in [4.69, 9.17) is 23.1 Å². The summed E-state index contributed by atoms with van der Waals surface area (Å²) in [5.41, 5.74) is 6.93. The van der Waals surface area contributed by atoms with Gasteiger partial charge >= 0.3 is 0 Å². The molecule has 98 valence electrons. The molecule has 2 rings (SSSR count). The van der Waals surface area contributed by atoms with E-state index in [-0.39, 0.29) is 17.4 Å². The number of halogens is 1. The van der Waals surface area contributed by atoms with Crippen LogP contribution in [0.25, 0.3) is 0 Å². The Hall–Kier alpha value is -1.04. The van der Waals surface area contributed by atoms with Gasteiger partial charge in [0.25, 0.3) is 0 Å². The molecular weight excluding hydrogens is 251 g/mol. The third-order valence-electron chi connectivity index (χ3n) is 3.08. The molecule has 5 heteroatoms. The van der Waals surface area contributed by atoms with Crippen LogP contribution in [0.15, 0.2) is 18.2 Å². The van der Waals surface area contributed by atoms with Crippen molar-refractivity contribution >= 4 is 17.2 Å². The third-order valence-corrected chi connectivity index (χ3v) is 3.31. The van der Waals surface area contributed by atoms with Gasteiger partial charge in [-0.05, 0) is 36.6 Å². The summed E-state index contributed by atoms with van der Waals surface area (Å²) < 4.78 is 13.5. The topological polar surface area (TPSA) is 49.5 Å². The van der Waals surface area contributed by atoms with Crippen molar-refractivity contribution in [1.82, 2.24) is 4.90 Å². The number of aliphatic hydroxyl groups excluding tert-OH is 1. The van der Waals surface area contributed by atoms with Gasteiger partial charge in [0, 0.05) is 24.7 Å². The molecule has 0 bridgehead atoms. The van der Waals surface area contributed by atoms with E-state index in [1.807, 2.05) is 6.07 Å². The highest BCUT2D eigenvalue weighted by atomic mass is 32.1. The average molecular weight is 268 g/mol. The summed E-state index contributed by atoms with van der Waals surface area (Å²) in [4.78, 5) is 2.37. The van der Waals surface area contributed by atoms with E-state index in [9.17, 15) is 4.39 Å². The number of benzene rings is 1. The van der Waals surface area contributed by atoms with Crippen LogP contribution in [0.2, 0.25) is 0 Å². The molecule has 0 heterocycles. The lowest BCUT2D eigenvalue weighted by Gasteiger charge is -2.21. The van der Waals surface area contributed by atoms with Crippen LogP contribution in [-0.4, -0.2) is 34.2 Å².